The third kappa shape index (κ3) is 8.63. The van der Waals surface area contributed by atoms with Crippen molar-refractivity contribution in [3.63, 3.8) is 0 Å². The van der Waals surface area contributed by atoms with E-state index >= 15 is 0 Å². The molecular formula is C38H39Pb2S2+. The molecule has 0 fully saturated rings. The van der Waals surface area contributed by atoms with Gasteiger partial charge in [-0.2, -0.15) is 0 Å². The summed E-state index contributed by atoms with van der Waals surface area (Å²) in [5, 5.41) is 0. The Hall–Kier alpha value is -1.36. The SMILES string of the molecule is CC.Cc1cc(C)cc(C2=C(/C=C/C(=C/[CH2][Pb])c3ccccc3[SH2+])CCC/C2=C\C=C2/C=[C]([Pb])Sc3ccccc32)c1. The molecule has 210 valence electrons. The Morgan fingerprint density at radius 3 is 2.38 bits per heavy atom. The van der Waals surface area contributed by atoms with Crippen molar-refractivity contribution in [1.82, 2.24) is 0 Å². The van der Waals surface area contributed by atoms with E-state index in [1.54, 1.807) is 0 Å². The molecule has 0 unspecified atom stereocenters. The second-order valence-electron chi connectivity index (χ2n) is 10.3. The molecule has 0 spiro atoms. The predicted molar refractivity (Wildman–Crippen MR) is 193 cm³/mol. The van der Waals surface area contributed by atoms with Crippen LogP contribution in [0.1, 0.15) is 60.9 Å². The summed E-state index contributed by atoms with van der Waals surface area (Å²) in [7, 11) is 0. The van der Waals surface area contributed by atoms with Crippen molar-refractivity contribution in [2.75, 3.05) is 0 Å². The molecule has 0 saturated heterocycles. The molecule has 0 aromatic heterocycles. The van der Waals surface area contributed by atoms with Gasteiger partial charge in [-0.05, 0) is 0 Å². The topological polar surface area (TPSA) is 0 Å². The van der Waals surface area contributed by atoms with E-state index in [1.165, 1.54) is 69.5 Å². The van der Waals surface area contributed by atoms with Crippen LogP contribution in [0.15, 0.2) is 127 Å². The third-order valence-electron chi connectivity index (χ3n) is 7.24. The van der Waals surface area contributed by atoms with E-state index in [2.05, 4.69) is 130 Å². The van der Waals surface area contributed by atoms with Crippen LogP contribution in [0.2, 0.25) is 3.98 Å². The Kier molecular flexibility index (Phi) is 13.3. The molecule has 0 nitrogen and oxygen atoms in total. The summed E-state index contributed by atoms with van der Waals surface area (Å²) in [4.78, 5) is 2.52. The molecule has 1 aliphatic carbocycles. The van der Waals surface area contributed by atoms with E-state index in [4.69, 9.17) is 0 Å². The molecule has 6 radical (unpaired) electrons. The molecule has 3 aromatic rings. The van der Waals surface area contributed by atoms with Crippen LogP contribution >= 0.6 is 11.8 Å². The third-order valence-corrected chi connectivity index (χ3v) is 11.1. The maximum atomic E-state index is 3.84. The van der Waals surface area contributed by atoms with Gasteiger partial charge in [0.2, 0.25) is 0 Å². The number of hydrogen-bond acceptors (Lipinski definition) is 1. The molecule has 1 aliphatic heterocycles. The summed E-state index contributed by atoms with van der Waals surface area (Å²) < 4.78 is 2.61. The second kappa shape index (κ2) is 16.6. The first kappa shape index (κ1) is 33.5. The van der Waals surface area contributed by atoms with Crippen LogP contribution in [-0.2, 0) is 12.6 Å². The van der Waals surface area contributed by atoms with Crippen LogP contribution in [-0.4, -0.2) is 51.5 Å². The summed E-state index contributed by atoms with van der Waals surface area (Å²) in [5.41, 5.74) is 13.5. The zero-order chi connectivity index (χ0) is 30.1. The van der Waals surface area contributed by atoms with E-state index in [-0.39, 0.29) is 0 Å². The van der Waals surface area contributed by atoms with Gasteiger partial charge < -0.3 is 0 Å². The molecule has 0 amide bonds. The number of aryl methyl sites for hydroxylation is 2. The van der Waals surface area contributed by atoms with E-state index in [9.17, 15) is 0 Å². The van der Waals surface area contributed by atoms with Crippen molar-refractivity contribution in [2.24, 2.45) is 0 Å². The van der Waals surface area contributed by atoms with Gasteiger partial charge in [0.1, 0.15) is 0 Å². The number of rotatable bonds is 6. The van der Waals surface area contributed by atoms with Gasteiger partial charge in [0, 0.05) is 0 Å². The van der Waals surface area contributed by atoms with Crippen LogP contribution in [0.3, 0.4) is 0 Å². The molecule has 3 aromatic carbocycles. The molecule has 0 atom stereocenters. The van der Waals surface area contributed by atoms with Gasteiger partial charge in [-0.25, -0.2) is 0 Å². The van der Waals surface area contributed by atoms with Crippen molar-refractivity contribution in [2.45, 2.75) is 60.7 Å². The fourth-order valence-corrected chi connectivity index (χ4v) is 9.47. The summed E-state index contributed by atoms with van der Waals surface area (Å²) in [6.07, 6.45) is 17.7. The summed E-state index contributed by atoms with van der Waals surface area (Å²) >= 11 is 8.00. The summed E-state index contributed by atoms with van der Waals surface area (Å²) in [6.45, 7) is 8.43. The first-order valence-corrected chi connectivity index (χ1v) is 20.7. The molecule has 4 heteroatoms. The average molecular weight is 974 g/mol. The minimum atomic E-state index is 1.07. The van der Waals surface area contributed by atoms with Gasteiger partial charge >= 0.3 is 284 Å². The van der Waals surface area contributed by atoms with Crippen LogP contribution in [0, 0.1) is 13.8 Å². The number of thioether (sulfide) groups is 1. The van der Waals surface area contributed by atoms with E-state index < -0.39 is 0 Å². The summed E-state index contributed by atoms with van der Waals surface area (Å²) in [6, 6.07) is 24.4. The first-order valence-electron chi connectivity index (χ1n) is 14.7. The number of fused-ring (bicyclic) bond motifs is 1. The van der Waals surface area contributed by atoms with Gasteiger partial charge in [0.15, 0.2) is 0 Å². The molecule has 1 heterocycles. The Bertz CT molecular complexity index is 1600. The molecule has 0 saturated carbocycles. The van der Waals surface area contributed by atoms with Crippen molar-refractivity contribution in [3.8, 4) is 0 Å². The number of benzene rings is 3. The predicted octanol–water partition coefficient (Wildman–Crippen LogP) is 9.99. The molecule has 5 rings (SSSR count). The fourth-order valence-electron chi connectivity index (χ4n) is 5.54. The van der Waals surface area contributed by atoms with Gasteiger partial charge in [-0.3, -0.25) is 0 Å². The van der Waals surface area contributed by atoms with Gasteiger partial charge in [-0.1, -0.05) is 13.8 Å². The minimum absolute atomic E-state index is 1.07. The molecule has 2 aliphatic rings. The molecule has 42 heavy (non-hydrogen) atoms. The Morgan fingerprint density at radius 1 is 0.929 bits per heavy atom. The zero-order valence-corrected chi connectivity index (χ0v) is 34.6. The number of hydrogen-bond donors (Lipinski definition) is 0. The number of allylic oxidation sites excluding steroid dienone is 11. The molecule has 0 N–H and O–H groups in total. The molecular weight excluding hydrogens is 935 g/mol. The van der Waals surface area contributed by atoms with Gasteiger partial charge in [-0.15, -0.1) is 0 Å². The summed E-state index contributed by atoms with van der Waals surface area (Å²) in [5.74, 6) is 0. The second-order valence-corrected chi connectivity index (χ2v) is 17.0. The van der Waals surface area contributed by atoms with Crippen LogP contribution in [0.25, 0.3) is 16.7 Å². The van der Waals surface area contributed by atoms with E-state index in [0.29, 0.717) is 0 Å². The van der Waals surface area contributed by atoms with Gasteiger partial charge in [0.05, 0.1) is 0 Å². The standard InChI is InChI=1S/C36H32S2.C2H6.2Pb/c1-4-27(32-12-5-7-14-34(32)37)16-18-29-10-9-11-30(36(29)31-23-25(2)22-26(3)24-31)19-17-28-20-21-38-35-15-8-6-13-33(28)35;1-2;;/h4-8,12-20,22-24,37H,1,9-11H2,2-3H3;1-2H3;;/p+1/b18-16+,27-4-,28-17+,30-19+;;;. The van der Waals surface area contributed by atoms with Crippen LogP contribution in [0.4, 0.5) is 0 Å². The van der Waals surface area contributed by atoms with E-state index in [1.807, 2.05) is 25.6 Å². The Morgan fingerprint density at radius 2 is 1.64 bits per heavy atom. The molecule has 0 bridgehead atoms. The van der Waals surface area contributed by atoms with Crippen molar-refractivity contribution in [3.05, 3.63) is 145 Å². The quantitative estimate of drug-likeness (QED) is 0.135. The Balaban J connectivity index is 0.00000198. The van der Waals surface area contributed by atoms with E-state index in [0.717, 1.165) is 73.3 Å². The normalized spacial score (nSPS) is 17.3. The Labute approximate surface area is 295 Å². The van der Waals surface area contributed by atoms with Crippen molar-refractivity contribution >= 4 is 92.6 Å². The monoisotopic (exact) mass is 975 g/mol. The maximum absolute atomic E-state index is 3.84. The zero-order valence-electron chi connectivity index (χ0n) is 25.1. The van der Waals surface area contributed by atoms with Gasteiger partial charge in [0.25, 0.3) is 0 Å². The van der Waals surface area contributed by atoms with Crippen LogP contribution in [0.5, 0.6) is 0 Å². The van der Waals surface area contributed by atoms with Crippen LogP contribution < -0.4 is 0 Å². The average Bonchev–Trinajstić information content (AvgIpc) is 2.99. The van der Waals surface area contributed by atoms with Crippen molar-refractivity contribution < 1.29 is 0 Å². The fraction of sp³-hybridized carbons (Fsp3) is 0.211. The first-order chi connectivity index (χ1) is 20.4. The van der Waals surface area contributed by atoms with Crippen molar-refractivity contribution in [1.29, 1.82) is 0 Å².